The van der Waals surface area contributed by atoms with Crippen molar-refractivity contribution in [1.29, 1.82) is 0 Å². The van der Waals surface area contributed by atoms with E-state index in [1.54, 1.807) is 18.4 Å². The fraction of sp³-hybridized carbons (Fsp3) is 0.500. The van der Waals surface area contributed by atoms with Crippen molar-refractivity contribution in [2.45, 2.75) is 19.1 Å². The van der Waals surface area contributed by atoms with Gasteiger partial charge in [0.15, 0.2) is 5.92 Å². The van der Waals surface area contributed by atoms with Crippen LogP contribution in [0.5, 0.6) is 0 Å². The van der Waals surface area contributed by atoms with Gasteiger partial charge in [-0.25, -0.2) is 0 Å². The van der Waals surface area contributed by atoms with E-state index in [2.05, 4.69) is 5.32 Å². The molecule has 17 heavy (non-hydrogen) atoms. The largest absolute Gasteiger partial charge is 0.481 e. The standard InChI is InChI=1S/C10H12F3NO2S/c1-6(7-2-3-17-5-7)14-4-8(9(15)16)10(11,12)13/h2-3,5-6,8,14H,4H2,1H3,(H,15,16). The number of carboxylic acid groups (broad SMARTS) is 1. The lowest BCUT2D eigenvalue weighted by molar-refractivity contribution is -0.192. The maximum atomic E-state index is 12.3. The molecule has 0 amide bonds. The number of carbonyl (C=O) groups is 1. The van der Waals surface area contributed by atoms with Crippen LogP contribution in [0.4, 0.5) is 13.2 Å². The summed E-state index contributed by atoms with van der Waals surface area (Å²) in [5.74, 6) is -4.23. The van der Waals surface area contributed by atoms with Crippen molar-refractivity contribution in [2.75, 3.05) is 6.54 Å². The highest BCUT2D eigenvalue weighted by molar-refractivity contribution is 7.07. The minimum Gasteiger partial charge on any atom is -0.481 e. The third-order valence-corrected chi connectivity index (χ3v) is 3.07. The molecule has 1 aromatic heterocycles. The maximum Gasteiger partial charge on any atom is 0.403 e. The van der Waals surface area contributed by atoms with Gasteiger partial charge in [0.25, 0.3) is 0 Å². The molecule has 2 unspecified atom stereocenters. The number of aliphatic carboxylic acids is 1. The molecule has 0 fully saturated rings. The van der Waals surface area contributed by atoms with Crippen LogP contribution >= 0.6 is 11.3 Å². The summed E-state index contributed by atoms with van der Waals surface area (Å²) in [5.41, 5.74) is 0.848. The molecule has 0 radical (unpaired) electrons. The molecule has 3 nitrogen and oxygen atoms in total. The number of hydrogen-bond acceptors (Lipinski definition) is 3. The van der Waals surface area contributed by atoms with Crippen molar-refractivity contribution >= 4 is 17.3 Å². The Morgan fingerprint density at radius 3 is 2.65 bits per heavy atom. The molecule has 0 saturated heterocycles. The molecule has 1 heterocycles. The molecule has 1 rings (SSSR count). The lowest BCUT2D eigenvalue weighted by atomic mass is 10.1. The van der Waals surface area contributed by atoms with Crippen molar-refractivity contribution in [2.24, 2.45) is 5.92 Å². The highest BCUT2D eigenvalue weighted by Crippen LogP contribution is 2.26. The first-order chi connectivity index (χ1) is 7.82. The molecule has 2 N–H and O–H groups in total. The molecule has 0 aliphatic heterocycles. The van der Waals surface area contributed by atoms with Gasteiger partial charge >= 0.3 is 12.1 Å². The van der Waals surface area contributed by atoms with E-state index in [9.17, 15) is 18.0 Å². The van der Waals surface area contributed by atoms with Crippen LogP contribution in [0.2, 0.25) is 0 Å². The van der Waals surface area contributed by atoms with Gasteiger partial charge in [0.05, 0.1) is 0 Å². The topological polar surface area (TPSA) is 49.3 Å². The first-order valence-electron chi connectivity index (χ1n) is 4.87. The van der Waals surface area contributed by atoms with Gasteiger partial charge in [-0.05, 0) is 29.3 Å². The SMILES string of the molecule is CC(NCC(C(=O)O)C(F)(F)F)c1ccsc1. The van der Waals surface area contributed by atoms with E-state index in [0.29, 0.717) is 0 Å². The molecular formula is C10H12F3NO2S. The van der Waals surface area contributed by atoms with Gasteiger partial charge in [-0.15, -0.1) is 0 Å². The van der Waals surface area contributed by atoms with Gasteiger partial charge in [-0.3, -0.25) is 4.79 Å². The molecule has 0 aliphatic carbocycles. The molecule has 0 bridgehead atoms. The Labute approximate surface area is 100 Å². The summed E-state index contributed by atoms with van der Waals surface area (Å²) in [4.78, 5) is 10.5. The molecule has 0 aliphatic rings. The summed E-state index contributed by atoms with van der Waals surface area (Å²) in [7, 11) is 0. The molecule has 96 valence electrons. The Morgan fingerprint density at radius 2 is 2.24 bits per heavy atom. The van der Waals surface area contributed by atoms with Crippen LogP contribution in [0.1, 0.15) is 18.5 Å². The lowest BCUT2D eigenvalue weighted by Crippen LogP contribution is -2.39. The summed E-state index contributed by atoms with van der Waals surface area (Å²) in [6, 6.07) is 1.48. The summed E-state index contributed by atoms with van der Waals surface area (Å²) >= 11 is 1.44. The van der Waals surface area contributed by atoms with Crippen LogP contribution in [-0.4, -0.2) is 23.8 Å². The van der Waals surface area contributed by atoms with Gasteiger partial charge < -0.3 is 10.4 Å². The van der Waals surface area contributed by atoms with E-state index in [0.717, 1.165) is 5.56 Å². The van der Waals surface area contributed by atoms with Gasteiger partial charge in [-0.1, -0.05) is 0 Å². The number of halogens is 3. The predicted molar refractivity (Wildman–Crippen MR) is 57.9 cm³/mol. The van der Waals surface area contributed by atoms with Crippen LogP contribution in [0, 0.1) is 5.92 Å². The number of carboxylic acids is 1. The number of hydrogen-bond donors (Lipinski definition) is 2. The fourth-order valence-electron chi connectivity index (χ4n) is 1.28. The van der Waals surface area contributed by atoms with Crippen molar-refractivity contribution in [3.8, 4) is 0 Å². The normalized spacial score (nSPS) is 15.5. The molecule has 1 aromatic rings. The Morgan fingerprint density at radius 1 is 1.59 bits per heavy atom. The predicted octanol–water partition coefficient (Wildman–Crippen LogP) is 2.66. The van der Waals surface area contributed by atoms with E-state index < -0.39 is 24.6 Å². The first-order valence-corrected chi connectivity index (χ1v) is 5.81. The van der Waals surface area contributed by atoms with E-state index in [1.807, 2.05) is 5.38 Å². The number of nitrogens with one attached hydrogen (secondary N) is 1. The van der Waals surface area contributed by atoms with Crippen molar-refractivity contribution < 1.29 is 23.1 Å². The van der Waals surface area contributed by atoms with Crippen LogP contribution < -0.4 is 5.32 Å². The highest BCUT2D eigenvalue weighted by atomic mass is 32.1. The van der Waals surface area contributed by atoms with E-state index in [4.69, 9.17) is 5.11 Å². The summed E-state index contributed by atoms with van der Waals surface area (Å²) < 4.78 is 37.0. The van der Waals surface area contributed by atoms with Gasteiger partial charge in [0.2, 0.25) is 0 Å². The second kappa shape index (κ2) is 5.50. The summed E-state index contributed by atoms with van der Waals surface area (Å²) in [6.45, 7) is 1.06. The number of rotatable bonds is 5. The smallest absolute Gasteiger partial charge is 0.403 e. The maximum absolute atomic E-state index is 12.3. The monoisotopic (exact) mass is 267 g/mol. The van der Waals surface area contributed by atoms with Crippen molar-refractivity contribution in [1.82, 2.24) is 5.32 Å². The fourth-order valence-corrected chi connectivity index (χ4v) is 2.03. The van der Waals surface area contributed by atoms with Crippen LogP contribution in [0.15, 0.2) is 16.8 Å². The minimum absolute atomic E-state index is 0.301. The zero-order valence-corrected chi connectivity index (χ0v) is 9.81. The van der Waals surface area contributed by atoms with E-state index >= 15 is 0 Å². The second-order valence-corrected chi connectivity index (χ2v) is 4.40. The van der Waals surface area contributed by atoms with Crippen molar-refractivity contribution in [3.05, 3.63) is 22.4 Å². The third-order valence-electron chi connectivity index (χ3n) is 2.36. The van der Waals surface area contributed by atoms with Gasteiger partial charge in [0.1, 0.15) is 0 Å². The van der Waals surface area contributed by atoms with Crippen LogP contribution in [0.3, 0.4) is 0 Å². The quantitative estimate of drug-likeness (QED) is 0.862. The number of alkyl halides is 3. The number of thiophene rings is 1. The summed E-state index contributed by atoms with van der Waals surface area (Å²) in [6.07, 6.45) is -4.73. The Kier molecular flexibility index (Phi) is 4.53. The lowest BCUT2D eigenvalue weighted by Gasteiger charge is -2.19. The zero-order valence-electron chi connectivity index (χ0n) is 8.99. The molecule has 0 aromatic carbocycles. The van der Waals surface area contributed by atoms with Crippen LogP contribution in [0.25, 0.3) is 0 Å². The average molecular weight is 267 g/mol. The van der Waals surface area contributed by atoms with Crippen molar-refractivity contribution in [3.63, 3.8) is 0 Å². The van der Waals surface area contributed by atoms with E-state index in [1.165, 1.54) is 11.3 Å². The Balaban J connectivity index is 2.56. The minimum atomic E-state index is -4.73. The van der Waals surface area contributed by atoms with Gasteiger partial charge in [0, 0.05) is 12.6 Å². The average Bonchev–Trinajstić information content (AvgIpc) is 2.67. The molecule has 0 saturated carbocycles. The molecule has 0 spiro atoms. The Bertz CT molecular complexity index is 364. The highest BCUT2D eigenvalue weighted by Gasteiger charge is 2.44. The van der Waals surface area contributed by atoms with Crippen LogP contribution in [-0.2, 0) is 4.79 Å². The molecule has 7 heteroatoms. The van der Waals surface area contributed by atoms with Gasteiger partial charge in [-0.2, -0.15) is 24.5 Å². The Hall–Kier alpha value is -1.08. The zero-order chi connectivity index (χ0) is 13.1. The second-order valence-electron chi connectivity index (χ2n) is 3.62. The molecular weight excluding hydrogens is 255 g/mol. The van der Waals surface area contributed by atoms with E-state index in [-0.39, 0.29) is 6.04 Å². The molecule has 2 atom stereocenters. The third kappa shape index (κ3) is 4.01. The first kappa shape index (κ1) is 14.0. The summed E-state index contributed by atoms with van der Waals surface area (Å²) in [5, 5.41) is 14.7.